The van der Waals surface area contributed by atoms with Crippen molar-refractivity contribution in [1.82, 2.24) is 19.9 Å². The van der Waals surface area contributed by atoms with Crippen molar-refractivity contribution >= 4 is 0 Å². The summed E-state index contributed by atoms with van der Waals surface area (Å²) < 4.78 is 0. The Morgan fingerprint density at radius 2 is 0.483 bits per heavy atom. The van der Waals surface area contributed by atoms with E-state index in [1.165, 1.54) is 0 Å². The van der Waals surface area contributed by atoms with Crippen LogP contribution in [-0.4, -0.2) is 19.9 Å². The third kappa shape index (κ3) is 7.30. The van der Waals surface area contributed by atoms with Gasteiger partial charge in [0.15, 0.2) is 17.5 Å². The van der Waals surface area contributed by atoms with Gasteiger partial charge in [-0.1, -0.05) is 224 Å². The zero-order valence-electron chi connectivity index (χ0n) is 32.7. The lowest BCUT2D eigenvalue weighted by Crippen LogP contribution is -2.02. The molecule has 0 saturated heterocycles. The molecule has 0 unspecified atom stereocenters. The highest BCUT2D eigenvalue weighted by molar-refractivity contribution is 6.05. The van der Waals surface area contributed by atoms with Crippen LogP contribution < -0.4 is 0 Å². The summed E-state index contributed by atoms with van der Waals surface area (Å²) in [5, 5.41) is 0. The van der Waals surface area contributed by atoms with Crippen LogP contribution in [0.25, 0.3) is 101 Å². The van der Waals surface area contributed by atoms with Crippen molar-refractivity contribution in [3.8, 4) is 101 Å². The number of aromatic nitrogens is 4. The van der Waals surface area contributed by atoms with Crippen molar-refractivity contribution in [1.29, 1.82) is 0 Å². The normalized spacial score (nSPS) is 11.0. The summed E-state index contributed by atoms with van der Waals surface area (Å²) in [6.45, 7) is 0. The van der Waals surface area contributed by atoms with Crippen LogP contribution in [0, 0.1) is 0 Å². The largest absolute Gasteiger partial charge is 0.246 e. The van der Waals surface area contributed by atoms with Gasteiger partial charge in [-0.15, -0.1) is 0 Å². The van der Waals surface area contributed by atoms with Gasteiger partial charge in [-0.25, -0.2) is 19.9 Å². The highest BCUT2D eigenvalue weighted by atomic mass is 15.0. The average molecular weight is 767 g/mol. The molecule has 0 aliphatic rings. The Labute approximate surface area is 350 Å². The van der Waals surface area contributed by atoms with Crippen LogP contribution in [0.2, 0.25) is 0 Å². The molecule has 0 amide bonds. The van der Waals surface area contributed by atoms with E-state index in [1.807, 2.05) is 36.4 Å². The minimum Gasteiger partial charge on any atom is -0.246 e. The topological polar surface area (TPSA) is 51.6 Å². The Morgan fingerprint density at radius 3 is 0.933 bits per heavy atom. The molecule has 60 heavy (non-hydrogen) atoms. The third-order valence-electron chi connectivity index (χ3n) is 10.7. The Kier molecular flexibility index (Phi) is 9.92. The second kappa shape index (κ2) is 16.4. The summed E-state index contributed by atoms with van der Waals surface area (Å²) in [5.74, 6) is 1.82. The van der Waals surface area contributed by atoms with Gasteiger partial charge in [0.2, 0.25) is 0 Å². The maximum absolute atomic E-state index is 5.62. The molecule has 0 N–H and O–H groups in total. The first-order chi connectivity index (χ1) is 29.8. The molecule has 4 heteroatoms. The average Bonchev–Trinajstić information content (AvgIpc) is 3.35. The molecular formula is C56H38N4. The van der Waals surface area contributed by atoms with E-state index in [1.54, 1.807) is 0 Å². The van der Waals surface area contributed by atoms with Gasteiger partial charge >= 0.3 is 0 Å². The molecule has 10 aromatic rings. The summed E-state index contributed by atoms with van der Waals surface area (Å²) in [6, 6.07) is 79.9. The summed E-state index contributed by atoms with van der Waals surface area (Å²) in [6.07, 6.45) is 0. The highest BCUT2D eigenvalue weighted by Gasteiger charge is 2.25. The van der Waals surface area contributed by atoms with Crippen molar-refractivity contribution in [2.24, 2.45) is 0 Å². The first kappa shape index (κ1) is 36.3. The van der Waals surface area contributed by atoms with E-state index in [0.717, 1.165) is 83.7 Å². The summed E-state index contributed by atoms with van der Waals surface area (Å²) in [4.78, 5) is 21.0. The SMILES string of the molecule is c1ccc(-c2ccc(-c3nc(-c4ccccc4)nc(-c4cccc(-c5c(-c6ccccc6)c(-c6ccccc6)nc(-c6ccccc6)c5-c5ccccc5)c4)n3)cc2)cc1. The number of benzene rings is 8. The monoisotopic (exact) mass is 766 g/mol. The van der Waals surface area contributed by atoms with Gasteiger partial charge in [-0.05, 0) is 33.9 Å². The van der Waals surface area contributed by atoms with Crippen LogP contribution in [0.1, 0.15) is 0 Å². The minimum atomic E-state index is 0.594. The lowest BCUT2D eigenvalue weighted by atomic mass is 9.83. The quantitative estimate of drug-likeness (QED) is 0.147. The number of hydrogen-bond acceptors (Lipinski definition) is 4. The highest BCUT2D eigenvalue weighted by Crippen LogP contribution is 2.49. The van der Waals surface area contributed by atoms with E-state index in [-0.39, 0.29) is 0 Å². The van der Waals surface area contributed by atoms with Gasteiger partial charge in [0.1, 0.15) is 0 Å². The van der Waals surface area contributed by atoms with E-state index < -0.39 is 0 Å². The van der Waals surface area contributed by atoms with Gasteiger partial charge in [0, 0.05) is 44.5 Å². The molecule has 4 nitrogen and oxygen atoms in total. The van der Waals surface area contributed by atoms with Gasteiger partial charge in [0.05, 0.1) is 11.4 Å². The van der Waals surface area contributed by atoms with E-state index in [4.69, 9.17) is 19.9 Å². The molecule has 0 aliphatic heterocycles. The molecule has 0 atom stereocenters. The van der Waals surface area contributed by atoms with E-state index >= 15 is 0 Å². The van der Waals surface area contributed by atoms with Crippen molar-refractivity contribution in [3.63, 3.8) is 0 Å². The first-order valence-electron chi connectivity index (χ1n) is 20.1. The summed E-state index contributed by atoms with van der Waals surface area (Å²) >= 11 is 0. The molecule has 0 aliphatic carbocycles. The molecule has 0 saturated carbocycles. The van der Waals surface area contributed by atoms with Crippen LogP contribution in [-0.2, 0) is 0 Å². The van der Waals surface area contributed by atoms with Crippen LogP contribution in [0.15, 0.2) is 231 Å². The first-order valence-corrected chi connectivity index (χ1v) is 20.1. The molecule has 0 radical (unpaired) electrons. The Morgan fingerprint density at radius 1 is 0.183 bits per heavy atom. The molecule has 0 spiro atoms. The maximum atomic E-state index is 5.62. The second-order valence-corrected chi connectivity index (χ2v) is 14.6. The zero-order valence-corrected chi connectivity index (χ0v) is 32.7. The number of rotatable bonds is 9. The van der Waals surface area contributed by atoms with Crippen LogP contribution in [0.5, 0.6) is 0 Å². The Hall–Kier alpha value is -8.08. The molecule has 8 aromatic carbocycles. The van der Waals surface area contributed by atoms with Crippen molar-refractivity contribution in [2.45, 2.75) is 0 Å². The van der Waals surface area contributed by atoms with E-state index in [0.29, 0.717) is 17.5 Å². The fraction of sp³-hybridized carbons (Fsp3) is 0. The third-order valence-corrected chi connectivity index (χ3v) is 10.7. The maximum Gasteiger partial charge on any atom is 0.164 e. The Balaban J connectivity index is 1.23. The van der Waals surface area contributed by atoms with Crippen LogP contribution in [0.3, 0.4) is 0 Å². The van der Waals surface area contributed by atoms with E-state index in [9.17, 15) is 0 Å². The van der Waals surface area contributed by atoms with Gasteiger partial charge in [-0.2, -0.15) is 0 Å². The zero-order chi connectivity index (χ0) is 40.1. The molecule has 0 fully saturated rings. The number of pyridine rings is 1. The molecule has 2 aromatic heterocycles. The summed E-state index contributed by atoms with van der Waals surface area (Å²) in [7, 11) is 0. The van der Waals surface area contributed by atoms with Gasteiger partial charge in [-0.3, -0.25) is 0 Å². The Bertz CT molecular complexity index is 2930. The fourth-order valence-corrected chi connectivity index (χ4v) is 7.86. The molecule has 282 valence electrons. The molecule has 10 rings (SSSR count). The number of hydrogen-bond donors (Lipinski definition) is 0. The van der Waals surface area contributed by atoms with Crippen LogP contribution in [0.4, 0.5) is 0 Å². The van der Waals surface area contributed by atoms with Crippen molar-refractivity contribution in [2.75, 3.05) is 0 Å². The second-order valence-electron chi connectivity index (χ2n) is 14.6. The molecule has 2 heterocycles. The minimum absolute atomic E-state index is 0.594. The standard InChI is InChI=1S/C56H38N4/c1-7-20-39(21-8-1)40-34-36-46(37-35-40)55-58-54(45-30-17-6-18-31-45)59-56(60-55)48-33-19-32-47(38-48)49-50(41-22-9-2-10-23-41)52(43-26-13-4-14-27-43)57-53(44-28-15-5-16-29-44)51(49)42-24-11-3-12-25-42/h1-38H. The van der Waals surface area contributed by atoms with Crippen LogP contribution >= 0.6 is 0 Å². The van der Waals surface area contributed by atoms with E-state index in [2.05, 4.69) is 194 Å². The molecular weight excluding hydrogens is 729 g/mol. The van der Waals surface area contributed by atoms with Gasteiger partial charge < -0.3 is 0 Å². The predicted octanol–water partition coefficient (Wildman–Crippen LogP) is 14.3. The lowest BCUT2D eigenvalue weighted by Gasteiger charge is -2.23. The summed E-state index contributed by atoms with van der Waals surface area (Å²) in [5.41, 5.74) is 15.3. The van der Waals surface area contributed by atoms with Gasteiger partial charge in [0.25, 0.3) is 0 Å². The van der Waals surface area contributed by atoms with Crippen molar-refractivity contribution < 1.29 is 0 Å². The number of nitrogens with zero attached hydrogens (tertiary/aromatic N) is 4. The predicted molar refractivity (Wildman–Crippen MR) is 247 cm³/mol. The smallest absolute Gasteiger partial charge is 0.164 e. The molecule has 0 bridgehead atoms. The fourth-order valence-electron chi connectivity index (χ4n) is 7.86. The lowest BCUT2D eigenvalue weighted by molar-refractivity contribution is 1.07. The van der Waals surface area contributed by atoms with Crippen molar-refractivity contribution in [3.05, 3.63) is 231 Å².